The first kappa shape index (κ1) is 14.3. The number of aliphatic carboxylic acids is 2. The Kier molecular flexibility index (Phi) is 5.19. The summed E-state index contributed by atoms with van der Waals surface area (Å²) in [5.41, 5.74) is 10.3. The summed E-state index contributed by atoms with van der Waals surface area (Å²) in [6.07, 6.45) is -8.19. The first-order valence-corrected chi connectivity index (χ1v) is 5.28. The fraction of sp³-hybridized carbons (Fsp3) is 0.250. The fourth-order valence-electron chi connectivity index (χ4n) is 0.947. The smallest absolute Gasteiger partial charge is 0.480 e. The molecule has 0 bridgehead atoms. The average molecular weight is 325 g/mol. The van der Waals surface area contributed by atoms with Crippen LogP contribution in [0.3, 0.4) is 0 Å². The number of hydrogen-bond donors (Lipinski definition) is 4. The number of carbonyl (C=O) groups is 3. The van der Waals surface area contributed by atoms with Gasteiger partial charge >= 0.3 is 18.1 Å². The lowest BCUT2D eigenvalue weighted by atomic mass is 10.0. The first-order chi connectivity index (χ1) is 11.1. The van der Waals surface area contributed by atoms with Crippen LogP contribution in [0.5, 0.6) is 0 Å². The summed E-state index contributed by atoms with van der Waals surface area (Å²) >= 11 is 0. The van der Waals surface area contributed by atoms with Gasteiger partial charge < -0.3 is 21.7 Å². The number of carboxylic acid groups (broad SMARTS) is 2. The van der Waals surface area contributed by atoms with Gasteiger partial charge in [0.25, 0.3) is 0 Å². The van der Waals surface area contributed by atoms with Crippen LogP contribution >= 0.6 is 0 Å². The summed E-state index contributed by atoms with van der Waals surface area (Å²) in [6, 6.07) is 2.50. The van der Waals surface area contributed by atoms with Gasteiger partial charge in [0.15, 0.2) is 5.78 Å². The predicted octanol–water partition coefficient (Wildman–Crippen LogP) is 0.887. The van der Waals surface area contributed by atoms with E-state index in [1.807, 2.05) is 0 Å². The van der Waals surface area contributed by atoms with Gasteiger partial charge in [0.05, 0.1) is 1.37 Å². The van der Waals surface area contributed by atoms with Crippen molar-refractivity contribution in [3.63, 3.8) is 0 Å². The molecule has 0 amide bonds. The summed E-state index contributed by atoms with van der Waals surface area (Å²) in [5, 5.41) is 15.8. The van der Waals surface area contributed by atoms with E-state index in [4.69, 9.17) is 30.6 Å². The molecule has 10 heteroatoms. The van der Waals surface area contributed by atoms with Gasteiger partial charge in [0, 0.05) is 20.4 Å². The molecule has 0 spiro atoms. The van der Waals surface area contributed by atoms with Crippen molar-refractivity contribution in [3.05, 3.63) is 29.8 Å². The Morgan fingerprint density at radius 2 is 1.73 bits per heavy atom. The molecular formula is C12H13F3N2O5. The van der Waals surface area contributed by atoms with Gasteiger partial charge in [0.2, 0.25) is 0 Å². The molecule has 6 N–H and O–H groups in total. The second-order valence-corrected chi connectivity index (χ2v) is 3.56. The van der Waals surface area contributed by atoms with E-state index in [0.29, 0.717) is 0 Å². The Hall–Kier alpha value is -2.62. The highest BCUT2D eigenvalue weighted by molar-refractivity contribution is 6.02. The molecule has 0 saturated heterocycles. The van der Waals surface area contributed by atoms with Gasteiger partial charge in [-0.2, -0.15) is 13.2 Å². The van der Waals surface area contributed by atoms with Crippen LogP contribution in [-0.4, -0.2) is 40.1 Å². The normalized spacial score (nSPS) is 15.9. The largest absolute Gasteiger partial charge is 0.490 e. The van der Waals surface area contributed by atoms with Crippen LogP contribution in [0.1, 0.15) is 20.8 Å². The Labute approximate surface area is 126 Å². The zero-order valence-electron chi connectivity index (χ0n) is 13.7. The first-order valence-electron chi connectivity index (χ1n) is 6.78. The molecule has 0 fully saturated rings. The summed E-state index contributed by atoms with van der Waals surface area (Å²) in [4.78, 5) is 31.6. The number of benzene rings is 1. The Morgan fingerprint density at radius 3 is 2.09 bits per heavy atom. The number of alkyl halides is 3. The lowest BCUT2D eigenvalue weighted by Gasteiger charge is -2.07. The van der Waals surface area contributed by atoms with Gasteiger partial charge in [0.1, 0.15) is 6.02 Å². The SMILES string of the molecule is O=C(O)C(F)(F)F.[2H]C([2H])(C(=O)c1ccccc1N)C([2H])(N)C(=O)O. The van der Waals surface area contributed by atoms with Crippen LogP contribution in [0.15, 0.2) is 24.3 Å². The lowest BCUT2D eigenvalue weighted by Crippen LogP contribution is -2.32. The van der Waals surface area contributed by atoms with Crippen LogP contribution in [0.4, 0.5) is 18.9 Å². The molecular weight excluding hydrogens is 309 g/mol. The molecule has 1 aromatic carbocycles. The average Bonchev–Trinajstić information content (AvgIpc) is 2.46. The number of Topliss-reactive ketones (excluding diaryl/α,β-unsaturated/α-hetero) is 1. The van der Waals surface area contributed by atoms with Gasteiger partial charge in [-0.25, -0.2) is 4.79 Å². The highest BCUT2D eigenvalue weighted by Crippen LogP contribution is 2.14. The van der Waals surface area contributed by atoms with Crippen molar-refractivity contribution in [3.8, 4) is 0 Å². The second kappa shape index (κ2) is 7.98. The molecule has 7 nitrogen and oxygen atoms in total. The molecule has 0 aliphatic rings. The highest BCUT2D eigenvalue weighted by atomic mass is 19.4. The predicted molar refractivity (Wildman–Crippen MR) is 69.1 cm³/mol. The number of nitrogen functional groups attached to an aromatic ring is 1. The summed E-state index contributed by atoms with van der Waals surface area (Å²) in [7, 11) is 0. The quantitative estimate of drug-likeness (QED) is 0.475. The number of carbonyl (C=O) groups excluding carboxylic acids is 1. The molecule has 1 unspecified atom stereocenters. The van der Waals surface area contributed by atoms with Crippen LogP contribution < -0.4 is 11.5 Å². The maximum absolute atomic E-state index is 11.9. The summed E-state index contributed by atoms with van der Waals surface area (Å²) in [6.45, 7) is 0. The van der Waals surface area contributed by atoms with Gasteiger partial charge in [-0.05, 0) is 12.1 Å². The van der Waals surface area contributed by atoms with Crippen molar-refractivity contribution in [2.45, 2.75) is 18.6 Å². The van der Waals surface area contributed by atoms with Crippen molar-refractivity contribution in [1.82, 2.24) is 0 Å². The van der Waals surface area contributed by atoms with E-state index < -0.39 is 36.3 Å². The van der Waals surface area contributed by atoms with Crippen LogP contribution in [-0.2, 0) is 9.59 Å². The summed E-state index contributed by atoms with van der Waals surface area (Å²) < 4.78 is 53.9. The maximum atomic E-state index is 11.9. The molecule has 0 aromatic heterocycles. The Balaban J connectivity index is 0.000000697. The molecule has 1 atom stereocenters. The number of rotatable bonds is 4. The molecule has 0 aliphatic carbocycles. The molecule has 1 rings (SSSR count). The third-order valence-corrected chi connectivity index (χ3v) is 1.93. The van der Waals surface area contributed by atoms with Crippen LogP contribution in [0.2, 0.25) is 0 Å². The number of halogens is 3. The van der Waals surface area contributed by atoms with Crippen molar-refractivity contribution < 1.29 is 41.9 Å². The molecule has 0 heterocycles. The fourth-order valence-corrected chi connectivity index (χ4v) is 0.947. The van der Waals surface area contributed by atoms with E-state index in [9.17, 15) is 22.8 Å². The van der Waals surface area contributed by atoms with E-state index >= 15 is 0 Å². The Bertz CT molecular complexity index is 680. The number of ketones is 1. The van der Waals surface area contributed by atoms with Crippen molar-refractivity contribution in [2.75, 3.05) is 5.73 Å². The van der Waals surface area contributed by atoms with E-state index in [1.54, 1.807) is 0 Å². The second-order valence-electron chi connectivity index (χ2n) is 3.56. The lowest BCUT2D eigenvalue weighted by molar-refractivity contribution is -0.192. The van der Waals surface area contributed by atoms with Crippen molar-refractivity contribution in [2.24, 2.45) is 5.73 Å². The minimum Gasteiger partial charge on any atom is -0.480 e. The molecule has 122 valence electrons. The van der Waals surface area contributed by atoms with Gasteiger partial charge in [-0.15, -0.1) is 0 Å². The molecule has 0 aliphatic heterocycles. The van der Waals surface area contributed by atoms with E-state index in [-0.39, 0.29) is 11.3 Å². The molecule has 22 heavy (non-hydrogen) atoms. The number of para-hydroxylation sites is 1. The van der Waals surface area contributed by atoms with Crippen molar-refractivity contribution in [1.29, 1.82) is 0 Å². The standard InChI is InChI=1S/C10H12N2O3.C2HF3O2/c11-7-4-2-1-3-6(7)9(13)5-8(12)10(14)15;3-2(4,5)1(6)7/h1-4,8H,5,11-12H2,(H,14,15);(H,6,7)/i5D2,8D;. The highest BCUT2D eigenvalue weighted by Gasteiger charge is 2.38. The summed E-state index contributed by atoms with van der Waals surface area (Å²) in [5.74, 6) is -5.93. The van der Waals surface area contributed by atoms with Gasteiger partial charge in [-0.1, -0.05) is 12.1 Å². The number of anilines is 1. The monoisotopic (exact) mass is 325 g/mol. The van der Waals surface area contributed by atoms with Crippen molar-refractivity contribution >= 4 is 23.4 Å². The molecule has 1 aromatic rings. The minimum atomic E-state index is -5.08. The number of nitrogens with two attached hydrogens (primary N) is 2. The van der Waals surface area contributed by atoms with E-state index in [1.165, 1.54) is 24.3 Å². The van der Waals surface area contributed by atoms with E-state index in [2.05, 4.69) is 0 Å². The third kappa shape index (κ3) is 6.70. The Morgan fingerprint density at radius 1 is 1.27 bits per heavy atom. The number of hydrogen-bond acceptors (Lipinski definition) is 5. The molecule has 0 saturated carbocycles. The topological polar surface area (TPSA) is 144 Å². The van der Waals surface area contributed by atoms with E-state index in [0.717, 1.165) is 0 Å². The third-order valence-electron chi connectivity index (χ3n) is 1.93. The zero-order valence-corrected chi connectivity index (χ0v) is 10.7. The molecule has 0 radical (unpaired) electrons. The van der Waals surface area contributed by atoms with Crippen LogP contribution in [0.25, 0.3) is 0 Å². The van der Waals surface area contributed by atoms with Crippen LogP contribution in [0, 0.1) is 0 Å². The maximum Gasteiger partial charge on any atom is 0.490 e. The van der Waals surface area contributed by atoms with Gasteiger partial charge in [-0.3, -0.25) is 9.59 Å². The number of carboxylic acids is 2. The zero-order chi connectivity index (χ0) is 20.2. The minimum absolute atomic E-state index is 0.00689.